The van der Waals surface area contributed by atoms with Gasteiger partial charge in [0.25, 0.3) is 0 Å². The van der Waals surface area contributed by atoms with E-state index in [1.807, 2.05) is 12.4 Å². The van der Waals surface area contributed by atoms with E-state index in [-0.39, 0.29) is 16.9 Å². The van der Waals surface area contributed by atoms with E-state index >= 15 is 0 Å². The highest BCUT2D eigenvalue weighted by Gasteiger charge is 2.66. The van der Waals surface area contributed by atoms with Crippen molar-refractivity contribution in [1.82, 2.24) is 4.98 Å². The van der Waals surface area contributed by atoms with Crippen molar-refractivity contribution < 1.29 is 0 Å². The minimum Gasteiger partial charge on any atom is -0.326 e. The number of rotatable bonds is 1. The first-order chi connectivity index (χ1) is 6.01. The van der Waals surface area contributed by atoms with Gasteiger partial charge in [0.15, 0.2) is 0 Å². The Labute approximate surface area is 79.2 Å². The Morgan fingerprint density at radius 2 is 1.69 bits per heavy atom. The summed E-state index contributed by atoms with van der Waals surface area (Å²) in [5.41, 5.74) is 7.75. The average molecular weight is 176 g/mol. The molecule has 1 saturated carbocycles. The molecule has 1 aromatic rings. The predicted octanol–water partition coefficient (Wildman–Crippen LogP) is 1.71. The van der Waals surface area contributed by atoms with E-state index < -0.39 is 0 Å². The average Bonchev–Trinajstić information content (AvgIpc) is 2.53. The second-order valence-corrected chi connectivity index (χ2v) is 4.64. The quantitative estimate of drug-likeness (QED) is 0.707. The Morgan fingerprint density at radius 1 is 1.23 bits per heavy atom. The largest absolute Gasteiger partial charge is 0.326 e. The fourth-order valence-electron chi connectivity index (χ4n) is 2.28. The first kappa shape index (κ1) is 8.70. The van der Waals surface area contributed by atoms with E-state index in [1.54, 1.807) is 0 Å². The summed E-state index contributed by atoms with van der Waals surface area (Å²) in [4.78, 5) is 4.02. The molecule has 1 aromatic heterocycles. The van der Waals surface area contributed by atoms with E-state index in [0.29, 0.717) is 0 Å². The van der Waals surface area contributed by atoms with E-state index in [9.17, 15) is 0 Å². The maximum atomic E-state index is 6.09. The molecule has 1 aliphatic carbocycles. The lowest BCUT2D eigenvalue weighted by Crippen LogP contribution is -2.14. The third kappa shape index (κ3) is 0.894. The summed E-state index contributed by atoms with van der Waals surface area (Å²) in [7, 11) is 0. The standard InChI is InChI=1S/C11H16N2/c1-10(2)9(12)11(10,3)8-4-6-13-7-5-8/h4-7,9H,12H2,1-3H3. The summed E-state index contributed by atoms with van der Waals surface area (Å²) in [6.07, 6.45) is 3.67. The van der Waals surface area contributed by atoms with Gasteiger partial charge in [-0.3, -0.25) is 4.98 Å². The van der Waals surface area contributed by atoms with Crippen molar-refractivity contribution in [3.05, 3.63) is 30.1 Å². The second kappa shape index (κ2) is 2.32. The summed E-state index contributed by atoms with van der Waals surface area (Å²) in [6, 6.07) is 4.39. The van der Waals surface area contributed by atoms with Crippen LogP contribution < -0.4 is 5.73 Å². The van der Waals surface area contributed by atoms with E-state index in [2.05, 4.69) is 37.9 Å². The second-order valence-electron chi connectivity index (χ2n) is 4.64. The molecule has 2 rings (SSSR count). The Bertz CT molecular complexity index is 318. The first-order valence-electron chi connectivity index (χ1n) is 4.67. The van der Waals surface area contributed by atoms with Crippen molar-refractivity contribution in [2.45, 2.75) is 32.2 Å². The molecule has 2 atom stereocenters. The van der Waals surface area contributed by atoms with E-state index in [0.717, 1.165) is 0 Å². The molecule has 2 heteroatoms. The predicted molar refractivity (Wildman–Crippen MR) is 53.3 cm³/mol. The van der Waals surface area contributed by atoms with Gasteiger partial charge in [-0.05, 0) is 23.1 Å². The lowest BCUT2D eigenvalue weighted by molar-refractivity contribution is 0.525. The zero-order valence-corrected chi connectivity index (χ0v) is 8.41. The van der Waals surface area contributed by atoms with E-state index in [1.165, 1.54) is 5.56 Å². The van der Waals surface area contributed by atoms with Crippen molar-refractivity contribution in [2.24, 2.45) is 11.1 Å². The molecule has 0 saturated heterocycles. The van der Waals surface area contributed by atoms with Crippen LogP contribution >= 0.6 is 0 Å². The maximum Gasteiger partial charge on any atom is 0.0270 e. The molecule has 0 radical (unpaired) electrons. The van der Waals surface area contributed by atoms with Gasteiger partial charge in [0.1, 0.15) is 0 Å². The molecule has 0 bridgehead atoms. The van der Waals surface area contributed by atoms with Crippen LogP contribution in [0.2, 0.25) is 0 Å². The van der Waals surface area contributed by atoms with Crippen molar-refractivity contribution in [2.75, 3.05) is 0 Å². The Hall–Kier alpha value is -0.890. The summed E-state index contributed by atoms with van der Waals surface area (Å²) < 4.78 is 0. The fraction of sp³-hybridized carbons (Fsp3) is 0.545. The van der Waals surface area contributed by atoms with Gasteiger partial charge < -0.3 is 5.73 Å². The van der Waals surface area contributed by atoms with Crippen LogP contribution in [0.4, 0.5) is 0 Å². The number of aromatic nitrogens is 1. The Balaban J connectivity index is 2.40. The minimum atomic E-state index is 0.135. The minimum absolute atomic E-state index is 0.135. The molecule has 70 valence electrons. The zero-order valence-electron chi connectivity index (χ0n) is 8.41. The summed E-state index contributed by atoms with van der Waals surface area (Å²) in [5, 5.41) is 0. The van der Waals surface area contributed by atoms with Crippen molar-refractivity contribution >= 4 is 0 Å². The SMILES string of the molecule is CC1(C)C(N)C1(C)c1ccncc1. The number of hydrogen-bond acceptors (Lipinski definition) is 2. The van der Waals surface area contributed by atoms with E-state index in [4.69, 9.17) is 5.73 Å². The maximum absolute atomic E-state index is 6.09. The molecule has 1 fully saturated rings. The van der Waals surface area contributed by atoms with Crippen molar-refractivity contribution in [3.63, 3.8) is 0 Å². The van der Waals surface area contributed by atoms with Crippen molar-refractivity contribution in [3.8, 4) is 0 Å². The molecule has 1 aliphatic rings. The number of nitrogens with zero attached hydrogens (tertiary/aromatic N) is 1. The molecule has 2 unspecified atom stereocenters. The van der Waals surface area contributed by atoms with Gasteiger partial charge in [0.2, 0.25) is 0 Å². The summed E-state index contributed by atoms with van der Waals surface area (Å²) in [6.45, 7) is 6.67. The topological polar surface area (TPSA) is 38.9 Å². The third-order valence-corrected chi connectivity index (χ3v) is 3.93. The van der Waals surface area contributed by atoms with Gasteiger partial charge in [-0.25, -0.2) is 0 Å². The van der Waals surface area contributed by atoms with Crippen LogP contribution in [-0.4, -0.2) is 11.0 Å². The summed E-state index contributed by atoms with van der Waals surface area (Å²) in [5.74, 6) is 0. The third-order valence-electron chi connectivity index (χ3n) is 3.93. The number of hydrogen-bond donors (Lipinski definition) is 1. The smallest absolute Gasteiger partial charge is 0.0270 e. The van der Waals surface area contributed by atoms with Gasteiger partial charge in [-0.1, -0.05) is 20.8 Å². The molecule has 13 heavy (non-hydrogen) atoms. The molecule has 0 aliphatic heterocycles. The first-order valence-corrected chi connectivity index (χ1v) is 4.67. The highest BCUT2D eigenvalue weighted by molar-refractivity contribution is 5.40. The van der Waals surface area contributed by atoms with Crippen LogP contribution in [0.15, 0.2) is 24.5 Å². The van der Waals surface area contributed by atoms with Gasteiger partial charge in [0, 0.05) is 23.9 Å². The van der Waals surface area contributed by atoms with Crippen LogP contribution in [-0.2, 0) is 5.41 Å². The highest BCUT2D eigenvalue weighted by Crippen LogP contribution is 2.62. The van der Waals surface area contributed by atoms with Gasteiger partial charge >= 0.3 is 0 Å². The normalized spacial score (nSPS) is 35.8. The summed E-state index contributed by atoms with van der Waals surface area (Å²) >= 11 is 0. The van der Waals surface area contributed by atoms with Gasteiger partial charge in [-0.15, -0.1) is 0 Å². The molecule has 0 spiro atoms. The number of nitrogens with two attached hydrogens (primary N) is 1. The molecule has 2 nitrogen and oxygen atoms in total. The van der Waals surface area contributed by atoms with Crippen LogP contribution in [0.25, 0.3) is 0 Å². The van der Waals surface area contributed by atoms with Crippen LogP contribution in [0.3, 0.4) is 0 Å². The molecule has 1 heterocycles. The Kier molecular flexibility index (Phi) is 1.55. The molecular weight excluding hydrogens is 160 g/mol. The van der Waals surface area contributed by atoms with Gasteiger partial charge in [-0.2, -0.15) is 0 Å². The Morgan fingerprint density at radius 3 is 2.08 bits per heavy atom. The lowest BCUT2D eigenvalue weighted by atomic mass is 9.91. The van der Waals surface area contributed by atoms with Gasteiger partial charge in [0.05, 0.1) is 0 Å². The number of pyridine rings is 1. The molecule has 2 N–H and O–H groups in total. The fourth-order valence-corrected chi connectivity index (χ4v) is 2.28. The molecule has 0 amide bonds. The van der Waals surface area contributed by atoms with Crippen molar-refractivity contribution in [1.29, 1.82) is 0 Å². The van der Waals surface area contributed by atoms with Crippen LogP contribution in [0, 0.1) is 5.41 Å². The molecular formula is C11H16N2. The molecule has 0 aromatic carbocycles. The zero-order chi connectivity index (χ0) is 9.69. The highest BCUT2D eigenvalue weighted by atomic mass is 14.9. The van der Waals surface area contributed by atoms with Crippen LogP contribution in [0.5, 0.6) is 0 Å². The monoisotopic (exact) mass is 176 g/mol. The van der Waals surface area contributed by atoms with Crippen LogP contribution in [0.1, 0.15) is 26.3 Å². The lowest BCUT2D eigenvalue weighted by Gasteiger charge is -2.13.